The molecule has 11 heteroatoms. The van der Waals surface area contributed by atoms with Gasteiger partial charge >= 0.3 is 5.63 Å². The van der Waals surface area contributed by atoms with E-state index in [2.05, 4.69) is 31.6 Å². The van der Waals surface area contributed by atoms with Crippen LogP contribution in [0.1, 0.15) is 70.9 Å². The van der Waals surface area contributed by atoms with Crippen LogP contribution in [-0.4, -0.2) is 32.9 Å². The van der Waals surface area contributed by atoms with Crippen molar-refractivity contribution in [1.82, 2.24) is 20.3 Å². The maximum Gasteiger partial charge on any atom is 0.349 e. The summed E-state index contributed by atoms with van der Waals surface area (Å²) < 4.78 is 14.5. The Bertz CT molecular complexity index is 2250. The number of nitrogens with zero attached hydrogens (tertiary/aromatic N) is 4. The molecule has 1 saturated carbocycles. The van der Waals surface area contributed by atoms with Gasteiger partial charge in [0.25, 0.3) is 5.91 Å². The smallest absolute Gasteiger partial charge is 0.349 e. The number of amides is 2. The number of rotatable bonds is 11. The Morgan fingerprint density at radius 2 is 1.71 bits per heavy atom. The molecule has 2 heterocycles. The lowest BCUT2D eigenvalue weighted by Crippen LogP contribution is -2.48. The average molecular weight is 761 g/mol. The Kier molecular flexibility index (Phi) is 10.6. The Labute approximate surface area is 309 Å². The van der Waals surface area contributed by atoms with Gasteiger partial charge in [0.2, 0.25) is 5.91 Å². The molecule has 1 atom stereocenters. The number of anilines is 1. The van der Waals surface area contributed by atoms with Crippen LogP contribution in [0.25, 0.3) is 11.0 Å². The number of ether oxygens (including phenoxy) is 1. The molecule has 52 heavy (non-hydrogen) atoms. The average Bonchev–Trinajstić information content (AvgIpc) is 3.61. The van der Waals surface area contributed by atoms with Crippen molar-refractivity contribution in [2.24, 2.45) is 0 Å². The summed E-state index contributed by atoms with van der Waals surface area (Å²) in [5.74, 6) is -0.663. The molecule has 2 amide bonds. The number of halogens is 1. The topological polar surface area (TPSA) is 120 Å². The SMILES string of the molecule is Cc1ccc(N(C(=O)c2cc3cc(Br)ccc3oc2=O)[C@H](C(=O)NC2CCCCC2)c2ccccc2OCc2cn(Cc3ccccc3)nn2)cc1. The highest BCUT2D eigenvalue weighted by Crippen LogP contribution is 2.36. The van der Waals surface area contributed by atoms with Gasteiger partial charge in [0.1, 0.15) is 35.2 Å². The van der Waals surface area contributed by atoms with Gasteiger partial charge in [-0.15, -0.1) is 5.10 Å². The number of carbonyl (C=O) groups is 2. The maximum absolute atomic E-state index is 14.8. The van der Waals surface area contributed by atoms with Crippen LogP contribution in [0.3, 0.4) is 0 Å². The van der Waals surface area contributed by atoms with Gasteiger partial charge in [0.15, 0.2) is 0 Å². The van der Waals surface area contributed by atoms with Crippen LogP contribution in [0.15, 0.2) is 123 Å². The molecule has 1 aliphatic rings. The largest absolute Gasteiger partial charge is 0.487 e. The molecule has 1 aliphatic carbocycles. The van der Waals surface area contributed by atoms with Gasteiger partial charge in [-0.3, -0.25) is 14.5 Å². The molecule has 0 bridgehead atoms. The highest BCUT2D eigenvalue weighted by atomic mass is 79.9. The second kappa shape index (κ2) is 15.8. The number of benzene rings is 4. The summed E-state index contributed by atoms with van der Waals surface area (Å²) in [6, 6.07) is 29.9. The molecular formula is C41H38BrN5O5. The summed E-state index contributed by atoms with van der Waals surface area (Å²) in [4.78, 5) is 44.4. The number of hydrogen-bond acceptors (Lipinski definition) is 7. The van der Waals surface area contributed by atoms with Crippen molar-refractivity contribution in [3.05, 3.63) is 152 Å². The Hall–Kier alpha value is -5.55. The number of para-hydroxylation sites is 1. The molecule has 7 rings (SSSR count). The number of carbonyl (C=O) groups excluding carboxylic acids is 2. The van der Waals surface area contributed by atoms with Crippen molar-refractivity contribution in [2.45, 2.75) is 64.3 Å². The number of hydrogen-bond donors (Lipinski definition) is 1. The third kappa shape index (κ3) is 8.00. The van der Waals surface area contributed by atoms with Gasteiger partial charge in [0.05, 0.1) is 12.7 Å². The van der Waals surface area contributed by atoms with E-state index in [9.17, 15) is 14.4 Å². The van der Waals surface area contributed by atoms with E-state index in [-0.39, 0.29) is 24.1 Å². The summed E-state index contributed by atoms with van der Waals surface area (Å²) in [5.41, 5.74) is 2.89. The number of aryl methyl sites for hydroxylation is 1. The summed E-state index contributed by atoms with van der Waals surface area (Å²) >= 11 is 3.47. The van der Waals surface area contributed by atoms with Gasteiger partial charge in [0, 0.05) is 27.2 Å². The van der Waals surface area contributed by atoms with E-state index in [1.807, 2.05) is 61.7 Å². The van der Waals surface area contributed by atoms with Crippen LogP contribution in [0, 0.1) is 6.92 Å². The Balaban J connectivity index is 1.28. The first kappa shape index (κ1) is 34.9. The van der Waals surface area contributed by atoms with Crippen molar-refractivity contribution in [1.29, 1.82) is 0 Å². The molecule has 264 valence electrons. The molecule has 1 N–H and O–H groups in total. The van der Waals surface area contributed by atoms with E-state index < -0.39 is 17.6 Å². The lowest BCUT2D eigenvalue weighted by molar-refractivity contribution is -0.123. The zero-order valence-corrected chi connectivity index (χ0v) is 30.3. The summed E-state index contributed by atoms with van der Waals surface area (Å²) in [6.45, 7) is 2.57. The van der Waals surface area contributed by atoms with E-state index in [1.54, 1.807) is 53.2 Å². The summed E-state index contributed by atoms with van der Waals surface area (Å²) in [7, 11) is 0. The first-order valence-electron chi connectivity index (χ1n) is 17.4. The van der Waals surface area contributed by atoms with Crippen LogP contribution in [0.4, 0.5) is 5.69 Å². The molecular weight excluding hydrogens is 722 g/mol. The molecule has 4 aromatic carbocycles. The summed E-state index contributed by atoms with van der Waals surface area (Å²) in [6.07, 6.45) is 6.64. The van der Waals surface area contributed by atoms with Crippen LogP contribution in [-0.2, 0) is 17.9 Å². The monoisotopic (exact) mass is 759 g/mol. The molecule has 2 aromatic heterocycles. The molecule has 10 nitrogen and oxygen atoms in total. The Morgan fingerprint density at radius 3 is 2.50 bits per heavy atom. The summed E-state index contributed by atoms with van der Waals surface area (Å²) in [5, 5.41) is 12.4. The predicted molar refractivity (Wildman–Crippen MR) is 202 cm³/mol. The van der Waals surface area contributed by atoms with Gasteiger partial charge in [-0.1, -0.05) is 107 Å². The maximum atomic E-state index is 14.8. The lowest BCUT2D eigenvalue weighted by atomic mass is 9.94. The minimum absolute atomic E-state index is 0.0467. The third-order valence-corrected chi connectivity index (χ3v) is 9.77. The fourth-order valence-corrected chi connectivity index (χ4v) is 7.01. The van der Waals surface area contributed by atoms with Crippen LogP contribution >= 0.6 is 15.9 Å². The van der Waals surface area contributed by atoms with E-state index in [4.69, 9.17) is 9.15 Å². The highest BCUT2D eigenvalue weighted by Gasteiger charge is 2.37. The zero-order chi connectivity index (χ0) is 36.0. The van der Waals surface area contributed by atoms with Crippen LogP contribution in [0.5, 0.6) is 5.75 Å². The molecule has 6 aromatic rings. The van der Waals surface area contributed by atoms with Gasteiger partial charge in [-0.2, -0.15) is 0 Å². The van der Waals surface area contributed by atoms with Crippen LogP contribution < -0.4 is 20.6 Å². The molecule has 0 unspecified atom stereocenters. The van der Waals surface area contributed by atoms with Crippen molar-refractivity contribution in [3.63, 3.8) is 0 Å². The van der Waals surface area contributed by atoms with Crippen LogP contribution in [0.2, 0.25) is 0 Å². The second-order valence-electron chi connectivity index (χ2n) is 13.1. The number of fused-ring (bicyclic) bond motifs is 1. The van der Waals surface area contributed by atoms with Crippen molar-refractivity contribution in [2.75, 3.05) is 4.90 Å². The quantitative estimate of drug-likeness (QED) is 0.133. The van der Waals surface area contributed by atoms with E-state index in [0.717, 1.165) is 47.7 Å². The first-order chi connectivity index (χ1) is 25.3. The van der Waals surface area contributed by atoms with Crippen molar-refractivity contribution < 1.29 is 18.7 Å². The third-order valence-electron chi connectivity index (χ3n) is 9.28. The molecule has 0 spiro atoms. The Morgan fingerprint density at radius 1 is 0.962 bits per heavy atom. The molecule has 0 radical (unpaired) electrons. The van der Waals surface area contributed by atoms with Crippen molar-refractivity contribution in [3.8, 4) is 5.75 Å². The second-order valence-corrected chi connectivity index (χ2v) is 14.0. The minimum atomic E-state index is -1.21. The van der Waals surface area contributed by atoms with E-state index >= 15 is 0 Å². The fourth-order valence-electron chi connectivity index (χ4n) is 6.63. The van der Waals surface area contributed by atoms with Gasteiger partial charge < -0.3 is 14.5 Å². The first-order valence-corrected chi connectivity index (χ1v) is 18.2. The van der Waals surface area contributed by atoms with Gasteiger partial charge in [-0.05, 0) is 67.8 Å². The number of nitrogens with one attached hydrogen (secondary N) is 1. The normalized spacial score (nSPS) is 13.8. The van der Waals surface area contributed by atoms with E-state index in [1.165, 1.54) is 11.0 Å². The molecule has 0 aliphatic heterocycles. The number of aromatic nitrogens is 3. The predicted octanol–water partition coefficient (Wildman–Crippen LogP) is 7.92. The fraction of sp³-hybridized carbons (Fsp3) is 0.244. The molecule has 0 saturated heterocycles. The lowest BCUT2D eigenvalue weighted by Gasteiger charge is -2.34. The van der Waals surface area contributed by atoms with E-state index in [0.29, 0.717) is 40.2 Å². The van der Waals surface area contributed by atoms with Gasteiger partial charge in [-0.25, -0.2) is 9.48 Å². The molecule has 1 fully saturated rings. The minimum Gasteiger partial charge on any atom is -0.487 e. The zero-order valence-electron chi connectivity index (χ0n) is 28.7. The standard InChI is InChI=1S/C41H38BrN5O5/c1-27-16-19-33(20-17-27)47(40(49)35-23-29-22-30(42)18-21-36(29)52-41(35)50)38(39(48)43-31-12-6-3-7-13-31)34-14-8-9-15-37(34)51-26-32-25-46(45-44-32)24-28-10-4-2-5-11-28/h2,4-5,8-11,14-23,25,31,38H,3,6-7,12-13,24,26H2,1H3,(H,43,48)/t38-/m0/s1. The highest BCUT2D eigenvalue weighted by molar-refractivity contribution is 9.10. The van der Waals surface area contributed by atoms with Crippen molar-refractivity contribution >= 4 is 44.4 Å².